The number of thioether (sulfide) groups is 1. The molecule has 132 valence electrons. The van der Waals surface area contributed by atoms with E-state index < -0.39 is 0 Å². The van der Waals surface area contributed by atoms with E-state index >= 15 is 0 Å². The summed E-state index contributed by atoms with van der Waals surface area (Å²) in [4.78, 5) is 25.6. The van der Waals surface area contributed by atoms with Crippen LogP contribution in [0.4, 0.5) is 10.1 Å². The fraction of sp³-hybridized carbons (Fsp3) is 0.100. The normalized spacial score (nSPS) is 10.5. The lowest BCUT2D eigenvalue weighted by Crippen LogP contribution is -2.22. The standard InChI is InChI=1S/C20H17FN2O2S/c1-26-18-5-3-2-4-17(18)22-20(25)15-8-11-19(24)23(13-15)12-14-6-9-16(21)10-7-14/h2-11,13H,12H2,1H3,(H,22,25). The van der Waals surface area contributed by atoms with Gasteiger partial charge >= 0.3 is 0 Å². The van der Waals surface area contributed by atoms with Crippen molar-refractivity contribution in [1.82, 2.24) is 4.57 Å². The molecule has 0 saturated heterocycles. The van der Waals surface area contributed by atoms with Crippen molar-refractivity contribution < 1.29 is 9.18 Å². The van der Waals surface area contributed by atoms with Crippen LogP contribution in [-0.2, 0) is 6.54 Å². The quantitative estimate of drug-likeness (QED) is 0.693. The minimum Gasteiger partial charge on any atom is -0.321 e. The van der Waals surface area contributed by atoms with Crippen LogP contribution in [0, 0.1) is 5.82 Å². The zero-order valence-electron chi connectivity index (χ0n) is 14.1. The second kappa shape index (κ2) is 8.01. The van der Waals surface area contributed by atoms with Crippen LogP contribution in [0.5, 0.6) is 0 Å². The minimum absolute atomic E-state index is 0.226. The van der Waals surface area contributed by atoms with E-state index in [9.17, 15) is 14.0 Å². The molecule has 1 heterocycles. The van der Waals surface area contributed by atoms with Crippen molar-refractivity contribution in [2.75, 3.05) is 11.6 Å². The van der Waals surface area contributed by atoms with Crippen molar-refractivity contribution in [3.8, 4) is 0 Å². The lowest BCUT2D eigenvalue weighted by atomic mass is 10.2. The molecule has 0 bridgehead atoms. The summed E-state index contributed by atoms with van der Waals surface area (Å²) in [6.07, 6.45) is 3.45. The number of nitrogens with zero attached hydrogens (tertiary/aromatic N) is 1. The summed E-state index contributed by atoms with van der Waals surface area (Å²) in [5, 5.41) is 2.87. The van der Waals surface area contributed by atoms with Crippen molar-refractivity contribution in [1.29, 1.82) is 0 Å². The zero-order chi connectivity index (χ0) is 18.5. The Morgan fingerprint density at radius 3 is 2.54 bits per heavy atom. The Bertz CT molecular complexity index is 984. The summed E-state index contributed by atoms with van der Waals surface area (Å²) in [6, 6.07) is 16.3. The molecule has 26 heavy (non-hydrogen) atoms. The Balaban J connectivity index is 1.83. The van der Waals surface area contributed by atoms with Crippen LogP contribution in [0.2, 0.25) is 0 Å². The fourth-order valence-corrected chi connectivity index (χ4v) is 3.07. The summed E-state index contributed by atoms with van der Waals surface area (Å²) in [6.45, 7) is 0.266. The second-order valence-electron chi connectivity index (χ2n) is 5.66. The third-order valence-corrected chi connectivity index (χ3v) is 4.66. The van der Waals surface area contributed by atoms with Gasteiger partial charge in [-0.3, -0.25) is 9.59 Å². The number of anilines is 1. The van der Waals surface area contributed by atoms with Gasteiger partial charge in [0.25, 0.3) is 11.5 Å². The van der Waals surface area contributed by atoms with Crippen LogP contribution in [0.15, 0.2) is 76.6 Å². The molecule has 0 aliphatic carbocycles. The van der Waals surface area contributed by atoms with E-state index in [-0.39, 0.29) is 23.8 Å². The lowest BCUT2D eigenvalue weighted by molar-refractivity contribution is 0.102. The number of halogens is 1. The Labute approximate surface area is 154 Å². The molecular weight excluding hydrogens is 351 g/mol. The van der Waals surface area contributed by atoms with E-state index in [0.717, 1.165) is 16.1 Å². The number of nitrogens with one attached hydrogen (secondary N) is 1. The Morgan fingerprint density at radius 1 is 1.08 bits per heavy atom. The molecule has 3 rings (SSSR count). The highest BCUT2D eigenvalue weighted by Crippen LogP contribution is 2.25. The fourth-order valence-electron chi connectivity index (χ4n) is 2.52. The molecule has 0 aliphatic rings. The number of aromatic nitrogens is 1. The van der Waals surface area contributed by atoms with E-state index in [1.165, 1.54) is 35.0 Å². The molecule has 2 aromatic carbocycles. The van der Waals surface area contributed by atoms with Gasteiger partial charge in [0.05, 0.1) is 17.8 Å². The number of carbonyl (C=O) groups is 1. The number of carbonyl (C=O) groups excluding carboxylic acids is 1. The van der Waals surface area contributed by atoms with Crippen molar-refractivity contribution >= 4 is 23.4 Å². The Morgan fingerprint density at radius 2 is 1.81 bits per heavy atom. The summed E-state index contributed by atoms with van der Waals surface area (Å²) in [5.41, 5.74) is 1.65. The van der Waals surface area contributed by atoms with Gasteiger partial charge in [-0.15, -0.1) is 11.8 Å². The van der Waals surface area contributed by atoms with Crippen LogP contribution in [-0.4, -0.2) is 16.7 Å². The molecule has 0 spiro atoms. The SMILES string of the molecule is CSc1ccccc1NC(=O)c1ccc(=O)n(Cc2ccc(F)cc2)c1. The zero-order valence-corrected chi connectivity index (χ0v) is 14.9. The number of pyridine rings is 1. The maximum atomic E-state index is 13.0. The van der Waals surface area contributed by atoms with Gasteiger partial charge < -0.3 is 9.88 Å². The maximum absolute atomic E-state index is 13.0. The Kier molecular flexibility index (Phi) is 5.53. The van der Waals surface area contributed by atoms with E-state index in [4.69, 9.17) is 0 Å². The van der Waals surface area contributed by atoms with Gasteiger partial charge in [-0.25, -0.2) is 4.39 Å². The number of hydrogen-bond donors (Lipinski definition) is 1. The van der Waals surface area contributed by atoms with E-state index in [1.54, 1.807) is 23.9 Å². The third kappa shape index (κ3) is 4.21. The van der Waals surface area contributed by atoms with Crippen LogP contribution in [0.3, 0.4) is 0 Å². The van der Waals surface area contributed by atoms with Gasteiger partial charge in [0, 0.05) is 17.2 Å². The summed E-state index contributed by atoms with van der Waals surface area (Å²) in [5.74, 6) is -0.624. The number of hydrogen-bond acceptors (Lipinski definition) is 3. The topological polar surface area (TPSA) is 51.1 Å². The molecule has 4 nitrogen and oxygen atoms in total. The molecule has 0 aliphatic heterocycles. The van der Waals surface area contributed by atoms with Crippen molar-refractivity contribution in [3.05, 3.63) is 94.2 Å². The molecule has 0 fully saturated rings. The molecule has 0 atom stereocenters. The largest absolute Gasteiger partial charge is 0.321 e. The highest BCUT2D eigenvalue weighted by molar-refractivity contribution is 7.98. The van der Waals surface area contributed by atoms with Gasteiger partial charge in [0.1, 0.15) is 5.82 Å². The molecule has 0 radical (unpaired) electrons. The number of para-hydroxylation sites is 1. The highest BCUT2D eigenvalue weighted by Gasteiger charge is 2.10. The van der Waals surface area contributed by atoms with Crippen LogP contribution in [0.25, 0.3) is 0 Å². The first kappa shape index (κ1) is 17.9. The lowest BCUT2D eigenvalue weighted by Gasteiger charge is -2.11. The maximum Gasteiger partial charge on any atom is 0.257 e. The number of rotatable bonds is 5. The first-order chi connectivity index (χ1) is 12.6. The molecule has 0 unspecified atom stereocenters. The van der Waals surface area contributed by atoms with Crippen molar-refractivity contribution in [2.45, 2.75) is 11.4 Å². The minimum atomic E-state index is -0.332. The van der Waals surface area contributed by atoms with Gasteiger partial charge in [0.2, 0.25) is 0 Å². The van der Waals surface area contributed by atoms with E-state index in [0.29, 0.717) is 5.56 Å². The summed E-state index contributed by atoms with van der Waals surface area (Å²) in [7, 11) is 0. The third-order valence-electron chi connectivity index (χ3n) is 3.87. The average molecular weight is 368 g/mol. The van der Waals surface area contributed by atoms with Crippen LogP contribution in [0.1, 0.15) is 15.9 Å². The molecular formula is C20H17FN2O2S. The predicted octanol–water partition coefficient (Wildman–Crippen LogP) is 4.01. The van der Waals surface area contributed by atoms with Gasteiger partial charge in [-0.05, 0) is 42.2 Å². The monoisotopic (exact) mass is 368 g/mol. The van der Waals surface area contributed by atoms with Crippen LogP contribution < -0.4 is 10.9 Å². The predicted molar refractivity (Wildman–Crippen MR) is 102 cm³/mol. The average Bonchev–Trinajstić information content (AvgIpc) is 2.65. The second-order valence-corrected chi connectivity index (χ2v) is 6.51. The first-order valence-corrected chi connectivity index (χ1v) is 9.18. The van der Waals surface area contributed by atoms with Gasteiger partial charge in [-0.2, -0.15) is 0 Å². The van der Waals surface area contributed by atoms with Crippen molar-refractivity contribution in [2.24, 2.45) is 0 Å². The smallest absolute Gasteiger partial charge is 0.257 e. The number of amides is 1. The molecule has 1 aromatic heterocycles. The van der Waals surface area contributed by atoms with Gasteiger partial charge in [0.15, 0.2) is 0 Å². The first-order valence-electron chi connectivity index (χ1n) is 7.96. The Hall–Kier alpha value is -2.86. The van der Waals surface area contributed by atoms with Gasteiger partial charge in [-0.1, -0.05) is 24.3 Å². The molecule has 3 aromatic rings. The van der Waals surface area contributed by atoms with E-state index in [1.807, 2.05) is 30.5 Å². The molecule has 0 saturated carbocycles. The van der Waals surface area contributed by atoms with E-state index in [2.05, 4.69) is 5.32 Å². The summed E-state index contributed by atoms with van der Waals surface area (Å²) >= 11 is 1.54. The number of benzene rings is 2. The summed E-state index contributed by atoms with van der Waals surface area (Å²) < 4.78 is 14.5. The molecule has 1 N–H and O–H groups in total. The highest BCUT2D eigenvalue weighted by atomic mass is 32.2. The molecule has 6 heteroatoms. The van der Waals surface area contributed by atoms with Crippen LogP contribution >= 0.6 is 11.8 Å². The van der Waals surface area contributed by atoms with Crippen molar-refractivity contribution in [3.63, 3.8) is 0 Å². The molecule has 1 amide bonds.